The summed E-state index contributed by atoms with van der Waals surface area (Å²) >= 11 is 0. The summed E-state index contributed by atoms with van der Waals surface area (Å²) in [7, 11) is -1.82. The first-order valence-electron chi connectivity index (χ1n) is 13.1. The van der Waals surface area contributed by atoms with Crippen molar-refractivity contribution >= 4 is 26.8 Å². The zero-order valence-corrected chi connectivity index (χ0v) is 22.7. The summed E-state index contributed by atoms with van der Waals surface area (Å²) in [5.74, 6) is 0.945. The first-order valence-corrected chi connectivity index (χ1v) is 14.7. The Morgan fingerprint density at radius 2 is 1.69 bits per heavy atom. The maximum atomic E-state index is 13.0. The van der Waals surface area contributed by atoms with Crippen molar-refractivity contribution in [3.8, 4) is 22.6 Å². The van der Waals surface area contributed by atoms with E-state index in [0.717, 1.165) is 27.6 Å². The summed E-state index contributed by atoms with van der Waals surface area (Å²) in [5, 5.41) is 0.958. The molecule has 204 valence electrons. The molecule has 8 nitrogen and oxygen atoms in total. The largest absolute Gasteiger partial charge is 0.493 e. The molecule has 5 rings (SSSR count). The van der Waals surface area contributed by atoms with Gasteiger partial charge < -0.3 is 20.2 Å². The number of hydrogen-bond acceptors (Lipinski definition) is 5. The van der Waals surface area contributed by atoms with Crippen LogP contribution in [0.2, 0.25) is 0 Å². The number of amides is 1. The number of carbonyl (C=O) groups is 1. The number of carbonyl (C=O) groups excluding carboxylic acids is 1. The molecule has 39 heavy (non-hydrogen) atoms. The number of sulfonamides is 1. The lowest BCUT2D eigenvalue weighted by atomic mass is 9.88. The van der Waals surface area contributed by atoms with Crippen LogP contribution in [0.5, 0.6) is 11.5 Å². The standard InChI is InChI=1S/C30H33N3O5S/c1-37-27-10-5-6-11-28(27)38-16-7-17-39(35,36)33-14-12-22(13-15-33)26-20-32-29-24(26)18-23(19-25(29)30(31)34)21-8-3-2-4-9-21/h2-6,8-11,18-20,22,32H,7,12-17H2,1H3,(H2,31,34). The Bertz CT molecular complexity index is 1560. The molecule has 1 amide bonds. The zero-order chi connectivity index (χ0) is 27.4. The molecule has 0 unspecified atom stereocenters. The van der Waals surface area contributed by atoms with E-state index in [9.17, 15) is 13.2 Å². The first kappa shape index (κ1) is 26.8. The second kappa shape index (κ2) is 11.5. The molecule has 1 aliphatic heterocycles. The fourth-order valence-electron chi connectivity index (χ4n) is 5.32. The van der Waals surface area contributed by atoms with Crippen molar-refractivity contribution in [2.75, 3.05) is 32.6 Å². The minimum atomic E-state index is -3.40. The Hall–Kier alpha value is -3.82. The number of ether oxygens (including phenoxy) is 2. The number of nitrogens with zero attached hydrogens (tertiary/aromatic N) is 1. The van der Waals surface area contributed by atoms with Gasteiger partial charge in [-0.2, -0.15) is 0 Å². The van der Waals surface area contributed by atoms with E-state index in [-0.39, 0.29) is 18.3 Å². The number of aromatic nitrogens is 1. The summed E-state index contributed by atoms with van der Waals surface area (Å²) in [4.78, 5) is 15.5. The fourth-order valence-corrected chi connectivity index (χ4v) is 6.83. The maximum absolute atomic E-state index is 13.0. The van der Waals surface area contributed by atoms with Gasteiger partial charge in [0, 0.05) is 24.7 Å². The van der Waals surface area contributed by atoms with E-state index in [1.165, 1.54) is 0 Å². The monoisotopic (exact) mass is 547 g/mol. The third-order valence-electron chi connectivity index (χ3n) is 7.35. The van der Waals surface area contributed by atoms with Crippen LogP contribution in [0.25, 0.3) is 22.0 Å². The van der Waals surface area contributed by atoms with Crippen LogP contribution in [0.4, 0.5) is 0 Å². The van der Waals surface area contributed by atoms with Gasteiger partial charge in [0.2, 0.25) is 10.0 Å². The highest BCUT2D eigenvalue weighted by molar-refractivity contribution is 7.89. The number of rotatable bonds is 10. The van der Waals surface area contributed by atoms with Gasteiger partial charge in [-0.1, -0.05) is 42.5 Å². The van der Waals surface area contributed by atoms with Crippen LogP contribution in [0, 0.1) is 0 Å². The van der Waals surface area contributed by atoms with Gasteiger partial charge in [-0.05, 0) is 66.1 Å². The quantitative estimate of drug-likeness (QED) is 0.274. The number of fused-ring (bicyclic) bond motifs is 1. The summed E-state index contributed by atoms with van der Waals surface area (Å²) in [6.45, 7) is 1.19. The lowest BCUT2D eigenvalue weighted by Gasteiger charge is -2.31. The highest BCUT2D eigenvalue weighted by Gasteiger charge is 2.30. The zero-order valence-electron chi connectivity index (χ0n) is 21.9. The smallest absolute Gasteiger partial charge is 0.250 e. The van der Waals surface area contributed by atoms with Crippen molar-refractivity contribution in [1.82, 2.24) is 9.29 Å². The number of methoxy groups -OCH3 is 1. The number of hydrogen-bond donors (Lipinski definition) is 2. The Morgan fingerprint density at radius 1 is 1.00 bits per heavy atom. The molecule has 1 aromatic heterocycles. The van der Waals surface area contributed by atoms with Crippen molar-refractivity contribution in [3.63, 3.8) is 0 Å². The molecule has 9 heteroatoms. The Labute approximate surface area is 228 Å². The number of para-hydroxylation sites is 2. The molecule has 3 aromatic carbocycles. The second-order valence-corrected chi connectivity index (χ2v) is 11.9. The maximum Gasteiger partial charge on any atom is 0.250 e. The van der Waals surface area contributed by atoms with Crippen molar-refractivity contribution in [3.05, 3.63) is 84.1 Å². The molecule has 1 aliphatic rings. The molecule has 0 aliphatic carbocycles. The summed E-state index contributed by atoms with van der Waals surface area (Å²) < 4.78 is 38.7. The average Bonchev–Trinajstić information content (AvgIpc) is 3.39. The van der Waals surface area contributed by atoms with Gasteiger partial charge in [0.05, 0.1) is 30.5 Å². The van der Waals surface area contributed by atoms with Crippen LogP contribution in [-0.4, -0.2) is 56.2 Å². The van der Waals surface area contributed by atoms with E-state index in [2.05, 4.69) is 11.1 Å². The Kier molecular flexibility index (Phi) is 7.90. The molecule has 1 fully saturated rings. The van der Waals surface area contributed by atoms with Gasteiger partial charge in [0.15, 0.2) is 11.5 Å². The molecule has 0 radical (unpaired) electrons. The van der Waals surface area contributed by atoms with Gasteiger partial charge in [0.25, 0.3) is 5.91 Å². The third kappa shape index (κ3) is 5.79. The molecule has 4 aromatic rings. The number of piperidine rings is 1. The molecule has 0 atom stereocenters. The van der Waals surface area contributed by atoms with Crippen LogP contribution in [0.15, 0.2) is 72.9 Å². The highest BCUT2D eigenvalue weighted by atomic mass is 32.2. The average molecular weight is 548 g/mol. The fraction of sp³-hybridized carbons (Fsp3) is 0.300. The van der Waals surface area contributed by atoms with E-state index in [1.807, 2.05) is 54.7 Å². The van der Waals surface area contributed by atoms with Gasteiger partial charge >= 0.3 is 0 Å². The SMILES string of the molecule is COc1ccccc1OCCCS(=O)(=O)N1CCC(c2c[nH]c3c(C(N)=O)cc(-c4ccccc4)cc23)CC1. The summed E-state index contributed by atoms with van der Waals surface area (Å²) in [6, 6.07) is 21.1. The van der Waals surface area contributed by atoms with E-state index in [0.29, 0.717) is 49.4 Å². The van der Waals surface area contributed by atoms with E-state index >= 15 is 0 Å². The van der Waals surface area contributed by atoms with Crippen molar-refractivity contribution < 1.29 is 22.7 Å². The summed E-state index contributed by atoms with van der Waals surface area (Å²) in [5.41, 5.74) is 9.93. The van der Waals surface area contributed by atoms with Crippen molar-refractivity contribution in [2.24, 2.45) is 5.73 Å². The first-order chi connectivity index (χ1) is 18.9. The van der Waals surface area contributed by atoms with Crippen LogP contribution in [-0.2, 0) is 10.0 Å². The number of H-pyrrole nitrogens is 1. The van der Waals surface area contributed by atoms with Crippen LogP contribution in [0.1, 0.15) is 41.1 Å². The van der Waals surface area contributed by atoms with Crippen LogP contribution >= 0.6 is 0 Å². The second-order valence-electron chi connectivity index (χ2n) is 9.76. The van der Waals surface area contributed by atoms with E-state index in [1.54, 1.807) is 23.5 Å². The number of nitrogens with two attached hydrogens (primary N) is 1. The molecular formula is C30H33N3O5S. The minimum absolute atomic E-state index is 0.0301. The van der Waals surface area contributed by atoms with Gasteiger partial charge in [-0.25, -0.2) is 12.7 Å². The van der Waals surface area contributed by atoms with Gasteiger partial charge in [-0.3, -0.25) is 4.79 Å². The predicted octanol–water partition coefficient (Wildman–Crippen LogP) is 4.92. The van der Waals surface area contributed by atoms with Crippen LogP contribution < -0.4 is 15.2 Å². The highest BCUT2D eigenvalue weighted by Crippen LogP contribution is 2.37. The number of primary amides is 1. The molecular weight excluding hydrogens is 514 g/mol. The lowest BCUT2D eigenvalue weighted by molar-refractivity contribution is 0.100. The molecule has 1 saturated heterocycles. The molecule has 0 saturated carbocycles. The van der Waals surface area contributed by atoms with Gasteiger partial charge in [-0.15, -0.1) is 0 Å². The predicted molar refractivity (Wildman–Crippen MR) is 153 cm³/mol. The molecule has 2 heterocycles. The van der Waals surface area contributed by atoms with Gasteiger partial charge in [0.1, 0.15) is 0 Å². The Balaban J connectivity index is 1.25. The topological polar surface area (TPSA) is 115 Å². The number of benzene rings is 3. The lowest BCUT2D eigenvalue weighted by Crippen LogP contribution is -2.39. The van der Waals surface area contributed by atoms with Crippen molar-refractivity contribution in [2.45, 2.75) is 25.2 Å². The Morgan fingerprint density at radius 3 is 2.38 bits per heavy atom. The minimum Gasteiger partial charge on any atom is -0.493 e. The van der Waals surface area contributed by atoms with Crippen LogP contribution in [0.3, 0.4) is 0 Å². The molecule has 0 bridgehead atoms. The molecule has 0 spiro atoms. The normalized spacial score (nSPS) is 14.9. The van der Waals surface area contributed by atoms with E-state index in [4.69, 9.17) is 15.2 Å². The molecule has 3 N–H and O–H groups in total. The summed E-state index contributed by atoms with van der Waals surface area (Å²) in [6.07, 6.45) is 3.73. The third-order valence-corrected chi connectivity index (χ3v) is 9.31. The van der Waals surface area contributed by atoms with E-state index < -0.39 is 15.9 Å². The van der Waals surface area contributed by atoms with Crippen molar-refractivity contribution in [1.29, 1.82) is 0 Å². The number of aromatic amines is 1. The number of nitrogens with one attached hydrogen (secondary N) is 1.